The molecule has 0 spiro atoms. The lowest BCUT2D eigenvalue weighted by molar-refractivity contribution is 0.310. The van der Waals surface area contributed by atoms with Crippen molar-refractivity contribution >= 4 is 11.5 Å². The van der Waals surface area contributed by atoms with Crippen LogP contribution in [0.3, 0.4) is 0 Å². The fourth-order valence-electron chi connectivity index (χ4n) is 2.50. The summed E-state index contributed by atoms with van der Waals surface area (Å²) in [5.41, 5.74) is 7.85. The van der Waals surface area contributed by atoms with Gasteiger partial charge in [0.25, 0.3) is 0 Å². The minimum Gasteiger partial charge on any atom is -0.398 e. The highest BCUT2D eigenvalue weighted by molar-refractivity contribution is 5.54. The topological polar surface area (TPSA) is 42.2 Å². The zero-order chi connectivity index (χ0) is 12.4. The fourth-order valence-corrected chi connectivity index (χ4v) is 2.50. The molecule has 0 saturated carbocycles. The number of nitrogens with two attached hydrogens (primary N) is 1. The molecule has 1 aromatic heterocycles. The summed E-state index contributed by atoms with van der Waals surface area (Å²) in [6.07, 6.45) is 4.42. The van der Waals surface area contributed by atoms with Gasteiger partial charge in [-0.25, -0.2) is 4.98 Å². The molecule has 0 aliphatic carbocycles. The summed E-state index contributed by atoms with van der Waals surface area (Å²) in [6.45, 7) is 8.86. The van der Waals surface area contributed by atoms with Crippen molar-refractivity contribution in [3.05, 3.63) is 17.8 Å². The molecule has 0 unspecified atom stereocenters. The molecule has 2 N–H and O–H groups in total. The first-order chi connectivity index (χ1) is 8.08. The number of aromatic nitrogens is 1. The number of hydrogen-bond acceptors (Lipinski definition) is 3. The van der Waals surface area contributed by atoms with E-state index in [2.05, 4.69) is 23.7 Å². The number of nitrogens with zero attached hydrogens (tertiary/aromatic N) is 2. The normalized spacial score (nSPS) is 17.8. The van der Waals surface area contributed by atoms with Crippen LogP contribution in [0.1, 0.15) is 32.3 Å². The quantitative estimate of drug-likeness (QED) is 0.854. The van der Waals surface area contributed by atoms with E-state index >= 15 is 0 Å². The third-order valence-electron chi connectivity index (χ3n) is 3.94. The first kappa shape index (κ1) is 12.2. The zero-order valence-corrected chi connectivity index (χ0v) is 11.1. The van der Waals surface area contributed by atoms with Crippen LogP contribution < -0.4 is 10.6 Å². The van der Waals surface area contributed by atoms with E-state index in [9.17, 15) is 0 Å². The molecule has 1 aliphatic rings. The molecule has 1 aromatic rings. The zero-order valence-electron chi connectivity index (χ0n) is 11.1. The molecule has 2 rings (SSSR count). The predicted octanol–water partition coefficient (Wildman–Crippen LogP) is 2.84. The first-order valence-corrected chi connectivity index (χ1v) is 6.55. The highest BCUT2D eigenvalue weighted by Crippen LogP contribution is 2.27. The molecule has 0 atom stereocenters. The molecule has 1 saturated heterocycles. The Hall–Kier alpha value is -1.25. The lowest BCUT2D eigenvalue weighted by Gasteiger charge is -2.34. The number of nitrogen functional groups attached to an aromatic ring is 1. The number of anilines is 2. The standard InChI is InChI=1S/C14H23N3/c1-10(2)12-4-6-17(7-5-12)14-8-13(15)11(3)9-16-14/h8-10,12H,4-7H2,1-3H3,(H2,15,16). The van der Waals surface area contributed by atoms with E-state index in [0.717, 1.165) is 42.0 Å². The molecule has 17 heavy (non-hydrogen) atoms. The van der Waals surface area contributed by atoms with Crippen molar-refractivity contribution in [3.63, 3.8) is 0 Å². The van der Waals surface area contributed by atoms with E-state index in [-0.39, 0.29) is 0 Å². The third-order valence-corrected chi connectivity index (χ3v) is 3.94. The van der Waals surface area contributed by atoms with E-state index in [1.807, 2.05) is 19.2 Å². The minimum absolute atomic E-state index is 0.799. The average Bonchev–Trinajstić information content (AvgIpc) is 2.33. The van der Waals surface area contributed by atoms with Crippen LogP contribution >= 0.6 is 0 Å². The van der Waals surface area contributed by atoms with Crippen LogP contribution in [0.4, 0.5) is 11.5 Å². The highest BCUT2D eigenvalue weighted by atomic mass is 15.2. The number of aryl methyl sites for hydroxylation is 1. The van der Waals surface area contributed by atoms with Gasteiger partial charge in [0.05, 0.1) is 0 Å². The summed E-state index contributed by atoms with van der Waals surface area (Å²) in [5.74, 6) is 2.71. The van der Waals surface area contributed by atoms with Crippen molar-refractivity contribution in [1.82, 2.24) is 4.98 Å². The first-order valence-electron chi connectivity index (χ1n) is 6.55. The summed E-state index contributed by atoms with van der Waals surface area (Å²) in [4.78, 5) is 6.83. The van der Waals surface area contributed by atoms with E-state index in [4.69, 9.17) is 5.73 Å². The van der Waals surface area contributed by atoms with Gasteiger partial charge in [-0.3, -0.25) is 0 Å². The van der Waals surface area contributed by atoms with Crippen LogP contribution in [-0.2, 0) is 0 Å². The maximum atomic E-state index is 5.94. The van der Waals surface area contributed by atoms with Crippen molar-refractivity contribution in [3.8, 4) is 0 Å². The molecule has 0 amide bonds. The SMILES string of the molecule is Cc1cnc(N2CCC(C(C)C)CC2)cc1N. The van der Waals surface area contributed by atoms with Gasteiger partial charge in [-0.15, -0.1) is 0 Å². The largest absolute Gasteiger partial charge is 0.398 e. The molecule has 3 nitrogen and oxygen atoms in total. The van der Waals surface area contributed by atoms with Gasteiger partial charge in [0.1, 0.15) is 5.82 Å². The molecule has 94 valence electrons. The fraction of sp³-hybridized carbons (Fsp3) is 0.643. The molecule has 1 fully saturated rings. The summed E-state index contributed by atoms with van der Waals surface area (Å²) < 4.78 is 0. The van der Waals surface area contributed by atoms with Gasteiger partial charge in [-0.1, -0.05) is 13.8 Å². The van der Waals surface area contributed by atoms with Crippen LogP contribution in [0.25, 0.3) is 0 Å². The summed E-state index contributed by atoms with van der Waals surface area (Å²) in [7, 11) is 0. The van der Waals surface area contributed by atoms with Crippen molar-refractivity contribution in [2.45, 2.75) is 33.6 Å². The van der Waals surface area contributed by atoms with Gasteiger partial charge in [-0.2, -0.15) is 0 Å². The van der Waals surface area contributed by atoms with Crippen LogP contribution in [-0.4, -0.2) is 18.1 Å². The lowest BCUT2D eigenvalue weighted by atomic mass is 9.87. The number of piperidine rings is 1. The maximum Gasteiger partial charge on any atom is 0.130 e. The number of rotatable bonds is 2. The smallest absolute Gasteiger partial charge is 0.130 e. The third kappa shape index (κ3) is 2.71. The Kier molecular flexibility index (Phi) is 3.55. The Morgan fingerprint density at radius 2 is 2.00 bits per heavy atom. The maximum absolute atomic E-state index is 5.94. The van der Waals surface area contributed by atoms with Gasteiger partial charge in [0, 0.05) is 31.0 Å². The summed E-state index contributed by atoms with van der Waals surface area (Å²) in [6, 6.07) is 2.00. The van der Waals surface area contributed by atoms with Crippen LogP contribution in [0.2, 0.25) is 0 Å². The molecule has 1 aliphatic heterocycles. The summed E-state index contributed by atoms with van der Waals surface area (Å²) in [5, 5.41) is 0. The van der Waals surface area contributed by atoms with Crippen LogP contribution in [0.15, 0.2) is 12.3 Å². The Morgan fingerprint density at radius 3 is 2.53 bits per heavy atom. The Bertz CT molecular complexity index is 379. The molecule has 2 heterocycles. The second kappa shape index (κ2) is 4.94. The van der Waals surface area contributed by atoms with Crippen molar-refractivity contribution < 1.29 is 0 Å². The predicted molar refractivity (Wildman–Crippen MR) is 73.2 cm³/mol. The molecule has 0 aromatic carbocycles. The number of hydrogen-bond donors (Lipinski definition) is 1. The Labute approximate surface area is 104 Å². The average molecular weight is 233 g/mol. The van der Waals surface area contributed by atoms with E-state index in [1.165, 1.54) is 12.8 Å². The minimum atomic E-state index is 0.799. The van der Waals surface area contributed by atoms with Gasteiger partial charge in [0.15, 0.2) is 0 Å². The highest BCUT2D eigenvalue weighted by Gasteiger charge is 2.22. The van der Waals surface area contributed by atoms with Crippen molar-refractivity contribution in [2.24, 2.45) is 11.8 Å². The monoisotopic (exact) mass is 233 g/mol. The van der Waals surface area contributed by atoms with Gasteiger partial charge >= 0.3 is 0 Å². The molecule has 0 radical (unpaired) electrons. The Morgan fingerprint density at radius 1 is 1.35 bits per heavy atom. The molecular formula is C14H23N3. The summed E-state index contributed by atoms with van der Waals surface area (Å²) >= 11 is 0. The Balaban J connectivity index is 2.03. The molecule has 3 heteroatoms. The van der Waals surface area contributed by atoms with Crippen LogP contribution in [0.5, 0.6) is 0 Å². The number of pyridine rings is 1. The van der Waals surface area contributed by atoms with Crippen LogP contribution in [0, 0.1) is 18.8 Å². The lowest BCUT2D eigenvalue weighted by Crippen LogP contribution is -2.35. The van der Waals surface area contributed by atoms with Gasteiger partial charge in [0.2, 0.25) is 0 Å². The van der Waals surface area contributed by atoms with Crippen molar-refractivity contribution in [1.29, 1.82) is 0 Å². The van der Waals surface area contributed by atoms with Gasteiger partial charge in [-0.05, 0) is 37.2 Å². The van der Waals surface area contributed by atoms with Crippen molar-refractivity contribution in [2.75, 3.05) is 23.7 Å². The van der Waals surface area contributed by atoms with E-state index < -0.39 is 0 Å². The van der Waals surface area contributed by atoms with E-state index in [1.54, 1.807) is 0 Å². The second-order valence-electron chi connectivity index (χ2n) is 5.47. The molecular weight excluding hydrogens is 210 g/mol. The van der Waals surface area contributed by atoms with E-state index in [0.29, 0.717) is 0 Å². The molecule has 0 bridgehead atoms. The second-order valence-corrected chi connectivity index (χ2v) is 5.47. The van der Waals surface area contributed by atoms with Gasteiger partial charge < -0.3 is 10.6 Å².